The molecule has 2 amide bonds. The van der Waals surface area contributed by atoms with Crippen LogP contribution in [0.3, 0.4) is 0 Å². The average molecular weight is 429 g/mol. The van der Waals surface area contributed by atoms with Crippen molar-refractivity contribution in [3.63, 3.8) is 0 Å². The van der Waals surface area contributed by atoms with E-state index in [0.717, 1.165) is 61.2 Å². The molecule has 0 radical (unpaired) electrons. The summed E-state index contributed by atoms with van der Waals surface area (Å²) in [6.07, 6.45) is 3.86. The first-order chi connectivity index (χ1) is 14.5. The van der Waals surface area contributed by atoms with E-state index in [-0.39, 0.29) is 23.7 Å². The third-order valence-corrected chi connectivity index (χ3v) is 6.66. The van der Waals surface area contributed by atoms with Crippen molar-refractivity contribution in [1.29, 1.82) is 0 Å². The molecule has 1 aromatic heterocycles. The molecule has 0 aliphatic carbocycles. The lowest BCUT2D eigenvalue weighted by Crippen LogP contribution is -2.24. The molecule has 0 saturated carbocycles. The summed E-state index contributed by atoms with van der Waals surface area (Å²) in [5, 5.41) is 3.80. The maximum Gasteiger partial charge on any atom is 0.234 e. The Bertz CT molecular complexity index is 936. The lowest BCUT2D eigenvalue weighted by Gasteiger charge is -2.17. The Hall–Kier alpha value is -2.32. The van der Waals surface area contributed by atoms with Crippen LogP contribution in [0.15, 0.2) is 29.4 Å². The zero-order chi connectivity index (χ0) is 21.1. The molecule has 30 heavy (non-hydrogen) atoms. The van der Waals surface area contributed by atoms with Crippen LogP contribution in [0.5, 0.6) is 0 Å². The van der Waals surface area contributed by atoms with E-state index in [9.17, 15) is 9.59 Å². The first-order valence-electron chi connectivity index (χ1n) is 10.5. The Morgan fingerprint density at radius 3 is 2.93 bits per heavy atom. The highest BCUT2D eigenvalue weighted by atomic mass is 32.2. The van der Waals surface area contributed by atoms with Gasteiger partial charge in [-0.15, -0.1) is 0 Å². The summed E-state index contributed by atoms with van der Waals surface area (Å²) < 4.78 is 7.95. The summed E-state index contributed by atoms with van der Waals surface area (Å²) in [6.45, 7) is 6.40. The Morgan fingerprint density at radius 1 is 1.33 bits per heavy atom. The van der Waals surface area contributed by atoms with Crippen molar-refractivity contribution in [2.75, 3.05) is 29.1 Å². The number of anilines is 2. The number of hydrogen-bond acceptors (Lipinski definition) is 5. The van der Waals surface area contributed by atoms with Gasteiger partial charge in [-0.25, -0.2) is 4.98 Å². The summed E-state index contributed by atoms with van der Waals surface area (Å²) in [7, 11) is 0. The molecule has 4 rings (SSSR count). The van der Waals surface area contributed by atoms with Gasteiger partial charge < -0.3 is 19.5 Å². The number of nitrogens with one attached hydrogen (secondary N) is 1. The summed E-state index contributed by atoms with van der Waals surface area (Å²) in [6, 6.07) is 7.48. The predicted octanol–water partition coefficient (Wildman–Crippen LogP) is 3.54. The van der Waals surface area contributed by atoms with E-state index in [2.05, 4.69) is 21.8 Å². The van der Waals surface area contributed by atoms with E-state index >= 15 is 0 Å². The molecular weight excluding hydrogens is 400 g/mol. The third kappa shape index (κ3) is 4.70. The number of amides is 2. The second-order valence-electron chi connectivity index (χ2n) is 7.85. The number of rotatable bonds is 7. The molecule has 8 heteroatoms. The lowest BCUT2D eigenvalue weighted by atomic mass is 10.2. The second kappa shape index (κ2) is 9.22. The Labute approximate surface area is 181 Å². The molecule has 0 bridgehead atoms. The fourth-order valence-corrected chi connectivity index (χ4v) is 4.84. The Morgan fingerprint density at radius 2 is 2.20 bits per heavy atom. The Kier molecular flexibility index (Phi) is 6.43. The first-order valence-corrected chi connectivity index (χ1v) is 11.5. The van der Waals surface area contributed by atoms with Gasteiger partial charge in [0.15, 0.2) is 5.16 Å². The number of aryl methyl sites for hydroxylation is 1. The second-order valence-corrected chi connectivity index (χ2v) is 8.79. The number of thioether (sulfide) groups is 1. The van der Waals surface area contributed by atoms with Crippen molar-refractivity contribution in [2.24, 2.45) is 0 Å². The molecule has 0 unspecified atom stereocenters. The quantitative estimate of drug-likeness (QED) is 0.683. The van der Waals surface area contributed by atoms with Gasteiger partial charge in [-0.05, 0) is 51.3 Å². The number of nitrogens with zero attached hydrogens (tertiary/aromatic N) is 3. The van der Waals surface area contributed by atoms with Crippen LogP contribution in [0.2, 0.25) is 0 Å². The molecule has 1 aromatic carbocycles. The summed E-state index contributed by atoms with van der Waals surface area (Å²) in [4.78, 5) is 31.0. The number of imidazole rings is 1. The maximum atomic E-state index is 12.6. The van der Waals surface area contributed by atoms with Crippen LogP contribution >= 0.6 is 11.8 Å². The van der Waals surface area contributed by atoms with E-state index in [1.165, 1.54) is 11.8 Å². The molecule has 2 aliphatic heterocycles. The largest absolute Gasteiger partial charge is 0.376 e. The van der Waals surface area contributed by atoms with E-state index in [4.69, 9.17) is 4.74 Å². The minimum atomic E-state index is -0.0909. The smallest absolute Gasteiger partial charge is 0.234 e. The topological polar surface area (TPSA) is 76.5 Å². The van der Waals surface area contributed by atoms with Crippen LogP contribution in [0.25, 0.3) is 0 Å². The van der Waals surface area contributed by atoms with Gasteiger partial charge in [-0.3, -0.25) is 9.59 Å². The van der Waals surface area contributed by atoms with Gasteiger partial charge in [0.25, 0.3) is 0 Å². The molecule has 160 valence electrons. The zero-order valence-electron chi connectivity index (χ0n) is 17.5. The molecule has 7 nitrogen and oxygen atoms in total. The van der Waals surface area contributed by atoms with Gasteiger partial charge in [0.05, 0.1) is 24.1 Å². The molecule has 3 heterocycles. The highest BCUT2D eigenvalue weighted by molar-refractivity contribution is 7.99. The molecule has 2 saturated heterocycles. The number of benzene rings is 1. The number of hydrogen-bond donors (Lipinski definition) is 1. The Balaban J connectivity index is 1.37. The van der Waals surface area contributed by atoms with Gasteiger partial charge in [-0.2, -0.15) is 0 Å². The summed E-state index contributed by atoms with van der Waals surface area (Å²) in [5.74, 6) is 0.318. The van der Waals surface area contributed by atoms with Crippen LogP contribution < -0.4 is 10.2 Å². The average Bonchev–Trinajstić information content (AvgIpc) is 3.45. The predicted molar refractivity (Wildman–Crippen MR) is 118 cm³/mol. The van der Waals surface area contributed by atoms with Crippen molar-refractivity contribution in [1.82, 2.24) is 9.55 Å². The number of ether oxygens (including phenoxy) is 1. The van der Waals surface area contributed by atoms with Crippen LogP contribution in [0.4, 0.5) is 11.4 Å². The minimum Gasteiger partial charge on any atom is -0.376 e. The van der Waals surface area contributed by atoms with Gasteiger partial charge in [0.1, 0.15) is 0 Å². The van der Waals surface area contributed by atoms with Crippen molar-refractivity contribution < 1.29 is 14.3 Å². The molecule has 0 spiro atoms. The van der Waals surface area contributed by atoms with Crippen LogP contribution in [-0.4, -0.2) is 46.4 Å². The van der Waals surface area contributed by atoms with Crippen molar-refractivity contribution in [2.45, 2.75) is 57.3 Å². The standard InChI is InChI=1S/C22H28N4O3S/c1-15-16(2)26(13-19-8-5-11-29-19)22(23-15)30-14-20(27)24-17-6-3-7-18(12-17)25-10-4-9-21(25)28/h3,6-7,12,19H,4-5,8-11,13-14H2,1-2H3,(H,24,27)/t19-/m1/s1. The SMILES string of the molecule is Cc1nc(SCC(=O)Nc2cccc(N3CCCC3=O)c2)n(C[C@H]2CCCO2)c1C. The number of aromatic nitrogens is 2. The molecular formula is C22H28N4O3S. The minimum absolute atomic E-state index is 0.0909. The maximum absolute atomic E-state index is 12.6. The van der Waals surface area contributed by atoms with Gasteiger partial charge in [0, 0.05) is 36.6 Å². The normalized spacial score (nSPS) is 18.9. The summed E-state index contributed by atoms with van der Waals surface area (Å²) in [5.41, 5.74) is 3.64. The number of carbonyl (C=O) groups is 2. The van der Waals surface area contributed by atoms with Crippen molar-refractivity contribution in [3.8, 4) is 0 Å². The molecule has 2 aromatic rings. The monoisotopic (exact) mass is 428 g/mol. The third-order valence-electron chi connectivity index (χ3n) is 5.68. The van der Waals surface area contributed by atoms with E-state index in [1.54, 1.807) is 4.90 Å². The van der Waals surface area contributed by atoms with E-state index in [0.29, 0.717) is 12.1 Å². The first kappa shape index (κ1) is 20.9. The highest BCUT2D eigenvalue weighted by Crippen LogP contribution is 2.26. The van der Waals surface area contributed by atoms with Crippen LogP contribution in [-0.2, 0) is 20.9 Å². The van der Waals surface area contributed by atoms with Crippen molar-refractivity contribution in [3.05, 3.63) is 35.7 Å². The lowest BCUT2D eigenvalue weighted by molar-refractivity contribution is -0.117. The van der Waals surface area contributed by atoms with E-state index in [1.807, 2.05) is 31.2 Å². The van der Waals surface area contributed by atoms with Crippen LogP contribution in [0.1, 0.15) is 37.1 Å². The van der Waals surface area contributed by atoms with Gasteiger partial charge in [0.2, 0.25) is 11.8 Å². The van der Waals surface area contributed by atoms with E-state index < -0.39 is 0 Å². The molecule has 1 N–H and O–H groups in total. The fourth-order valence-electron chi connectivity index (χ4n) is 3.94. The zero-order valence-corrected chi connectivity index (χ0v) is 18.3. The molecule has 1 atom stereocenters. The van der Waals surface area contributed by atoms with Crippen LogP contribution in [0, 0.1) is 13.8 Å². The van der Waals surface area contributed by atoms with Gasteiger partial charge >= 0.3 is 0 Å². The van der Waals surface area contributed by atoms with Crippen molar-refractivity contribution >= 4 is 35.0 Å². The fraction of sp³-hybridized carbons (Fsp3) is 0.500. The van der Waals surface area contributed by atoms with Gasteiger partial charge in [-0.1, -0.05) is 17.8 Å². The molecule has 2 fully saturated rings. The number of carbonyl (C=O) groups excluding carboxylic acids is 2. The summed E-state index contributed by atoms with van der Waals surface area (Å²) >= 11 is 1.44. The highest BCUT2D eigenvalue weighted by Gasteiger charge is 2.22. The molecule has 2 aliphatic rings.